The fourth-order valence-electron chi connectivity index (χ4n) is 3.83. The smallest absolute Gasteiger partial charge is 0.244 e. The molecule has 0 aromatic heterocycles. The second kappa shape index (κ2) is 3.95. The van der Waals surface area contributed by atoms with E-state index in [1.807, 2.05) is 0 Å². The molecule has 3 fully saturated rings. The molecule has 19 heavy (non-hydrogen) atoms. The third-order valence-electron chi connectivity index (χ3n) is 5.50. The Balaban J connectivity index is 1.85. The van der Waals surface area contributed by atoms with Crippen LogP contribution in [0, 0.1) is 11.3 Å². The Kier molecular flexibility index (Phi) is 2.78. The molecule has 2 aliphatic carbocycles. The van der Waals surface area contributed by atoms with Gasteiger partial charge in [-0.25, -0.2) is 0 Å². The summed E-state index contributed by atoms with van der Waals surface area (Å²) < 4.78 is 5.53. The van der Waals surface area contributed by atoms with Crippen molar-refractivity contribution in [1.29, 1.82) is 0 Å². The highest BCUT2D eigenvalue weighted by Crippen LogP contribution is 2.51. The third kappa shape index (κ3) is 1.69. The fraction of sp³-hybridized carbons (Fsp3) is 0.933. The van der Waals surface area contributed by atoms with Gasteiger partial charge in [-0.05, 0) is 25.2 Å². The molecule has 3 rings (SSSR count). The number of carbonyl (C=O) groups excluding carboxylic acids is 1. The van der Waals surface area contributed by atoms with Gasteiger partial charge in [0.15, 0.2) is 0 Å². The number of nitrogens with zero attached hydrogens (tertiary/aromatic N) is 1. The number of hydrogen-bond donors (Lipinski definition) is 1. The van der Waals surface area contributed by atoms with Crippen LogP contribution < -0.4 is 5.32 Å². The van der Waals surface area contributed by atoms with Gasteiger partial charge in [0.25, 0.3) is 0 Å². The van der Waals surface area contributed by atoms with Crippen molar-refractivity contribution in [2.45, 2.75) is 70.8 Å². The van der Waals surface area contributed by atoms with E-state index in [0.29, 0.717) is 17.9 Å². The Bertz CT molecular complexity index is 401. The molecule has 0 bridgehead atoms. The van der Waals surface area contributed by atoms with Crippen molar-refractivity contribution in [3.05, 3.63) is 0 Å². The number of methoxy groups -OCH3 is 1. The minimum Gasteiger partial charge on any atom is -0.381 e. The summed E-state index contributed by atoms with van der Waals surface area (Å²) in [5, 5.41) is 3.60. The summed E-state index contributed by atoms with van der Waals surface area (Å²) in [6, 6.07) is 0.310. The topological polar surface area (TPSA) is 41.6 Å². The average molecular weight is 266 g/mol. The highest BCUT2D eigenvalue weighted by molar-refractivity contribution is 5.92. The molecule has 4 heteroatoms. The molecule has 4 nitrogen and oxygen atoms in total. The van der Waals surface area contributed by atoms with Crippen LogP contribution in [0.1, 0.15) is 47.0 Å². The third-order valence-corrected chi connectivity index (χ3v) is 5.50. The fourth-order valence-corrected chi connectivity index (χ4v) is 3.83. The zero-order valence-electron chi connectivity index (χ0n) is 12.7. The quantitative estimate of drug-likeness (QED) is 0.846. The van der Waals surface area contributed by atoms with Crippen LogP contribution in [0.4, 0.5) is 0 Å². The summed E-state index contributed by atoms with van der Waals surface area (Å²) >= 11 is 0. The summed E-state index contributed by atoms with van der Waals surface area (Å²) in [7, 11) is 1.77. The van der Waals surface area contributed by atoms with Crippen LogP contribution in [-0.4, -0.2) is 41.8 Å². The SMILES string of the molecule is COC1CC(N2C(=O)C3(CC3)NC2C(C)C)C1(C)C. The highest BCUT2D eigenvalue weighted by Gasteiger charge is 2.64. The lowest BCUT2D eigenvalue weighted by atomic mass is 9.63. The number of rotatable bonds is 3. The average Bonchev–Trinajstić information content (AvgIpc) is 3.05. The van der Waals surface area contributed by atoms with Gasteiger partial charge in [0.1, 0.15) is 0 Å². The monoisotopic (exact) mass is 266 g/mol. The Morgan fingerprint density at radius 2 is 2.00 bits per heavy atom. The Labute approximate surface area is 115 Å². The van der Waals surface area contributed by atoms with Crippen molar-refractivity contribution in [3.63, 3.8) is 0 Å². The minimum atomic E-state index is -0.205. The van der Waals surface area contributed by atoms with E-state index in [-0.39, 0.29) is 23.2 Å². The van der Waals surface area contributed by atoms with Crippen molar-refractivity contribution >= 4 is 5.91 Å². The summed E-state index contributed by atoms with van der Waals surface area (Å²) in [6.07, 6.45) is 3.45. The van der Waals surface area contributed by atoms with Crippen LogP contribution in [0.5, 0.6) is 0 Å². The maximum absolute atomic E-state index is 12.7. The molecule has 1 aliphatic heterocycles. The number of nitrogens with one attached hydrogen (secondary N) is 1. The van der Waals surface area contributed by atoms with Gasteiger partial charge < -0.3 is 9.64 Å². The predicted molar refractivity (Wildman–Crippen MR) is 73.6 cm³/mol. The molecule has 0 radical (unpaired) electrons. The van der Waals surface area contributed by atoms with Gasteiger partial charge in [0.05, 0.1) is 17.8 Å². The normalized spacial score (nSPS) is 38.9. The first-order valence-corrected chi connectivity index (χ1v) is 7.47. The van der Waals surface area contributed by atoms with Crippen molar-refractivity contribution in [1.82, 2.24) is 10.2 Å². The highest BCUT2D eigenvalue weighted by atomic mass is 16.5. The van der Waals surface area contributed by atoms with E-state index in [1.54, 1.807) is 7.11 Å². The molecule has 1 amide bonds. The molecule has 0 aromatic rings. The zero-order valence-corrected chi connectivity index (χ0v) is 12.7. The van der Waals surface area contributed by atoms with Crippen molar-refractivity contribution in [2.75, 3.05) is 7.11 Å². The molecular formula is C15H26N2O2. The molecule has 1 saturated heterocycles. The summed E-state index contributed by atoms with van der Waals surface area (Å²) in [4.78, 5) is 14.9. The van der Waals surface area contributed by atoms with Gasteiger partial charge in [0, 0.05) is 18.6 Å². The van der Waals surface area contributed by atoms with Gasteiger partial charge in [-0.3, -0.25) is 10.1 Å². The Morgan fingerprint density at radius 3 is 2.42 bits per heavy atom. The number of ether oxygens (including phenoxy) is 1. The number of carbonyl (C=O) groups is 1. The van der Waals surface area contributed by atoms with Gasteiger partial charge in [-0.2, -0.15) is 0 Å². The lowest BCUT2D eigenvalue weighted by molar-refractivity contribution is -0.164. The number of hydrogen-bond acceptors (Lipinski definition) is 3. The van der Waals surface area contributed by atoms with Gasteiger partial charge in [0.2, 0.25) is 5.91 Å². The van der Waals surface area contributed by atoms with Crippen molar-refractivity contribution in [3.8, 4) is 0 Å². The molecule has 108 valence electrons. The number of amides is 1. The van der Waals surface area contributed by atoms with Crippen molar-refractivity contribution in [2.24, 2.45) is 11.3 Å². The summed E-state index contributed by atoms with van der Waals surface area (Å²) in [5.41, 5.74) is -0.150. The van der Waals surface area contributed by atoms with Crippen LogP contribution in [0.2, 0.25) is 0 Å². The lowest BCUT2D eigenvalue weighted by Gasteiger charge is -2.56. The van der Waals surface area contributed by atoms with E-state index in [2.05, 4.69) is 37.9 Å². The van der Waals surface area contributed by atoms with E-state index in [4.69, 9.17) is 4.74 Å². The maximum Gasteiger partial charge on any atom is 0.244 e. The van der Waals surface area contributed by atoms with E-state index in [0.717, 1.165) is 19.3 Å². The second-order valence-electron chi connectivity index (χ2n) is 7.42. The van der Waals surface area contributed by atoms with E-state index < -0.39 is 0 Å². The first kappa shape index (κ1) is 13.4. The Morgan fingerprint density at radius 1 is 1.37 bits per heavy atom. The minimum absolute atomic E-state index is 0.0552. The van der Waals surface area contributed by atoms with Gasteiger partial charge in [-0.15, -0.1) is 0 Å². The largest absolute Gasteiger partial charge is 0.381 e. The molecule has 3 atom stereocenters. The molecule has 3 aliphatic rings. The molecule has 3 unspecified atom stereocenters. The standard InChI is InChI=1S/C15H26N2O2/c1-9(2)12-16-15(6-7-15)13(18)17(12)10-8-11(19-5)14(10,3)4/h9-12,16H,6-8H2,1-5H3. The lowest BCUT2D eigenvalue weighted by Crippen LogP contribution is -2.65. The molecule has 1 N–H and O–H groups in total. The molecule has 2 saturated carbocycles. The van der Waals surface area contributed by atoms with Gasteiger partial charge in [-0.1, -0.05) is 27.7 Å². The molecule has 1 heterocycles. The van der Waals surface area contributed by atoms with Crippen molar-refractivity contribution < 1.29 is 9.53 Å². The zero-order chi connectivity index (χ0) is 14.0. The second-order valence-corrected chi connectivity index (χ2v) is 7.42. The van der Waals surface area contributed by atoms with Crippen LogP contribution in [0.3, 0.4) is 0 Å². The van der Waals surface area contributed by atoms with Crippen LogP contribution >= 0.6 is 0 Å². The van der Waals surface area contributed by atoms with Crippen LogP contribution in [0.15, 0.2) is 0 Å². The maximum atomic E-state index is 12.7. The summed E-state index contributed by atoms with van der Waals surface area (Å²) in [5.74, 6) is 0.778. The van der Waals surface area contributed by atoms with Crippen LogP contribution in [0.25, 0.3) is 0 Å². The first-order valence-electron chi connectivity index (χ1n) is 7.47. The molecule has 0 aromatic carbocycles. The van der Waals surface area contributed by atoms with Gasteiger partial charge >= 0.3 is 0 Å². The van der Waals surface area contributed by atoms with E-state index in [9.17, 15) is 4.79 Å². The van der Waals surface area contributed by atoms with Crippen LogP contribution in [-0.2, 0) is 9.53 Å². The molecular weight excluding hydrogens is 240 g/mol. The molecule has 1 spiro atoms. The Hall–Kier alpha value is -0.610. The predicted octanol–water partition coefficient (Wildman–Crippen LogP) is 1.75. The first-order chi connectivity index (χ1) is 8.83. The summed E-state index contributed by atoms with van der Waals surface area (Å²) in [6.45, 7) is 8.83. The van der Waals surface area contributed by atoms with E-state index >= 15 is 0 Å². The van der Waals surface area contributed by atoms with E-state index in [1.165, 1.54) is 0 Å².